The summed E-state index contributed by atoms with van der Waals surface area (Å²) in [6, 6.07) is 6.23. The van der Waals surface area contributed by atoms with E-state index in [1.54, 1.807) is 6.07 Å². The van der Waals surface area contributed by atoms with Gasteiger partial charge in [-0.25, -0.2) is 22.0 Å². The van der Waals surface area contributed by atoms with Gasteiger partial charge in [-0.15, -0.1) is 0 Å². The molecule has 1 heterocycles. The third-order valence-electron chi connectivity index (χ3n) is 4.25. The number of benzene rings is 2. The number of hydrazone groups is 1. The van der Waals surface area contributed by atoms with Gasteiger partial charge in [-0.3, -0.25) is 4.79 Å². The lowest BCUT2D eigenvalue weighted by atomic mass is 10.1. The molecule has 0 saturated heterocycles. The van der Waals surface area contributed by atoms with E-state index >= 15 is 0 Å². The van der Waals surface area contributed by atoms with Gasteiger partial charge in [-0.2, -0.15) is 15.4 Å². The predicted molar refractivity (Wildman–Crippen MR) is 98.9 cm³/mol. The van der Waals surface area contributed by atoms with Crippen LogP contribution in [0.5, 0.6) is 11.5 Å². The molecule has 0 aliphatic carbocycles. The molecule has 1 aliphatic rings. The molecule has 0 fully saturated rings. The molecule has 0 spiro atoms. The molecular weight excluding hydrogens is 425 g/mol. The van der Waals surface area contributed by atoms with Crippen LogP contribution in [-0.2, 0) is 4.79 Å². The summed E-state index contributed by atoms with van der Waals surface area (Å²) in [5, 5.41) is 12.4. The second kappa shape index (κ2) is 8.43. The SMILES string of the molecule is COc1cc(/C=C2/C(=O)N(c3c(F)c(F)c(F)c(F)c3F)N=C2C)ccc1OCC#N. The van der Waals surface area contributed by atoms with Crippen LogP contribution < -0.4 is 14.5 Å². The molecule has 31 heavy (non-hydrogen) atoms. The van der Waals surface area contributed by atoms with Crippen molar-refractivity contribution in [1.29, 1.82) is 5.26 Å². The Kier molecular flexibility index (Phi) is 5.92. The number of carbonyl (C=O) groups excluding carboxylic acids is 1. The number of hydrogen-bond acceptors (Lipinski definition) is 5. The summed E-state index contributed by atoms with van der Waals surface area (Å²) in [6.07, 6.45) is 1.30. The molecule has 1 amide bonds. The van der Waals surface area contributed by atoms with Crippen LogP contribution in [0.3, 0.4) is 0 Å². The van der Waals surface area contributed by atoms with E-state index in [9.17, 15) is 26.7 Å². The zero-order chi connectivity index (χ0) is 22.9. The molecule has 2 aromatic carbocycles. The molecule has 2 aromatic rings. The molecule has 0 N–H and O–H groups in total. The average molecular weight is 437 g/mol. The Morgan fingerprint density at radius 3 is 2.26 bits per heavy atom. The maximum Gasteiger partial charge on any atom is 0.280 e. The summed E-state index contributed by atoms with van der Waals surface area (Å²) in [5.41, 5.74) is -1.24. The van der Waals surface area contributed by atoms with Gasteiger partial charge in [0.25, 0.3) is 5.91 Å². The third-order valence-corrected chi connectivity index (χ3v) is 4.25. The van der Waals surface area contributed by atoms with Crippen LogP contribution in [0.25, 0.3) is 6.08 Å². The Hall–Kier alpha value is -3.94. The Labute approximate surface area is 172 Å². The smallest absolute Gasteiger partial charge is 0.280 e. The molecule has 0 bridgehead atoms. The van der Waals surface area contributed by atoms with Crippen LogP contribution in [0.1, 0.15) is 12.5 Å². The van der Waals surface area contributed by atoms with E-state index < -0.39 is 40.7 Å². The number of amides is 1. The number of hydrogen-bond donors (Lipinski definition) is 0. The maximum atomic E-state index is 14.1. The number of methoxy groups -OCH3 is 1. The number of rotatable bonds is 5. The predicted octanol–water partition coefficient (Wildman–Crippen LogP) is 4.10. The maximum absolute atomic E-state index is 14.1. The summed E-state index contributed by atoms with van der Waals surface area (Å²) >= 11 is 0. The van der Waals surface area contributed by atoms with Gasteiger partial charge >= 0.3 is 0 Å². The quantitative estimate of drug-likeness (QED) is 0.306. The molecule has 160 valence electrons. The van der Waals surface area contributed by atoms with Crippen molar-refractivity contribution < 1.29 is 36.2 Å². The monoisotopic (exact) mass is 437 g/mol. The van der Waals surface area contributed by atoms with Crippen LogP contribution in [0.2, 0.25) is 0 Å². The fourth-order valence-electron chi connectivity index (χ4n) is 2.79. The second-order valence-electron chi connectivity index (χ2n) is 6.14. The number of nitrogens with zero attached hydrogens (tertiary/aromatic N) is 3. The van der Waals surface area contributed by atoms with E-state index in [2.05, 4.69) is 5.10 Å². The van der Waals surface area contributed by atoms with Gasteiger partial charge in [0.1, 0.15) is 11.8 Å². The van der Waals surface area contributed by atoms with E-state index in [0.717, 1.165) is 0 Å². The number of ether oxygens (including phenoxy) is 2. The minimum Gasteiger partial charge on any atom is -0.493 e. The molecule has 11 heteroatoms. The molecular formula is C20H12F5N3O3. The lowest BCUT2D eigenvalue weighted by Crippen LogP contribution is -2.25. The Balaban J connectivity index is 2.01. The fourth-order valence-corrected chi connectivity index (χ4v) is 2.79. The first-order valence-electron chi connectivity index (χ1n) is 8.52. The number of anilines is 1. The largest absolute Gasteiger partial charge is 0.493 e. The van der Waals surface area contributed by atoms with Gasteiger partial charge < -0.3 is 9.47 Å². The van der Waals surface area contributed by atoms with Crippen molar-refractivity contribution in [3.63, 3.8) is 0 Å². The second-order valence-corrected chi connectivity index (χ2v) is 6.14. The Morgan fingerprint density at radius 2 is 1.68 bits per heavy atom. The first-order valence-corrected chi connectivity index (χ1v) is 8.52. The van der Waals surface area contributed by atoms with E-state index in [1.807, 2.05) is 0 Å². The highest BCUT2D eigenvalue weighted by atomic mass is 19.2. The van der Waals surface area contributed by atoms with Gasteiger partial charge in [-0.05, 0) is 30.7 Å². The highest BCUT2D eigenvalue weighted by molar-refractivity contribution is 6.32. The number of halogens is 5. The van der Waals surface area contributed by atoms with E-state index in [4.69, 9.17) is 14.7 Å². The van der Waals surface area contributed by atoms with Gasteiger partial charge in [0, 0.05) is 0 Å². The molecule has 0 aromatic heterocycles. The minimum atomic E-state index is -2.34. The summed E-state index contributed by atoms with van der Waals surface area (Å²) < 4.78 is 78.9. The highest BCUT2D eigenvalue weighted by Gasteiger charge is 2.37. The normalized spacial score (nSPS) is 14.6. The van der Waals surface area contributed by atoms with Crippen molar-refractivity contribution in [3.8, 4) is 17.6 Å². The Bertz CT molecular complexity index is 1160. The number of nitriles is 1. The van der Waals surface area contributed by atoms with Crippen molar-refractivity contribution in [2.24, 2.45) is 5.10 Å². The van der Waals surface area contributed by atoms with E-state index in [1.165, 1.54) is 38.3 Å². The minimum absolute atomic E-state index is 0.0160. The van der Waals surface area contributed by atoms with Crippen molar-refractivity contribution in [2.75, 3.05) is 18.7 Å². The van der Waals surface area contributed by atoms with Crippen LogP contribution in [-0.4, -0.2) is 25.3 Å². The lowest BCUT2D eigenvalue weighted by Gasteiger charge is -2.15. The van der Waals surface area contributed by atoms with Gasteiger partial charge in [0.2, 0.25) is 5.82 Å². The van der Waals surface area contributed by atoms with E-state index in [0.29, 0.717) is 5.56 Å². The molecule has 3 rings (SSSR count). The van der Waals surface area contributed by atoms with Crippen LogP contribution in [0.4, 0.5) is 27.6 Å². The summed E-state index contributed by atoms with van der Waals surface area (Å²) in [7, 11) is 1.35. The highest BCUT2D eigenvalue weighted by Crippen LogP contribution is 2.34. The zero-order valence-electron chi connectivity index (χ0n) is 16.0. The summed E-state index contributed by atoms with van der Waals surface area (Å²) in [6.45, 7) is 1.11. The van der Waals surface area contributed by atoms with Crippen LogP contribution >= 0.6 is 0 Å². The topological polar surface area (TPSA) is 74.9 Å². The molecule has 0 radical (unpaired) electrons. The molecule has 0 saturated carbocycles. The molecule has 0 unspecified atom stereocenters. The summed E-state index contributed by atoms with van der Waals surface area (Å²) in [4.78, 5) is 12.7. The standard InChI is InChI=1S/C20H12F5N3O3/c1-9-11(7-10-3-4-12(31-6-5-26)13(8-10)30-2)20(29)28(27-9)19-17(24)15(22)14(21)16(23)18(19)25/h3-4,7-8H,6H2,1-2H3/b11-7+. The average Bonchev–Trinajstić information content (AvgIpc) is 3.03. The fraction of sp³-hybridized carbons (Fsp3) is 0.150. The first kappa shape index (κ1) is 21.8. The molecule has 6 nitrogen and oxygen atoms in total. The molecule has 0 atom stereocenters. The van der Waals surface area contributed by atoms with Crippen molar-refractivity contribution >= 4 is 23.4 Å². The summed E-state index contributed by atoms with van der Waals surface area (Å²) in [5.74, 6) is -11.7. The van der Waals surface area contributed by atoms with Gasteiger partial charge in [0.05, 0.1) is 18.4 Å². The molecule has 1 aliphatic heterocycles. The van der Waals surface area contributed by atoms with Crippen molar-refractivity contribution in [3.05, 3.63) is 58.4 Å². The van der Waals surface area contributed by atoms with Crippen molar-refractivity contribution in [2.45, 2.75) is 6.92 Å². The third kappa shape index (κ3) is 3.79. The van der Waals surface area contributed by atoms with Gasteiger partial charge in [-0.1, -0.05) is 6.07 Å². The van der Waals surface area contributed by atoms with Gasteiger partial charge in [0.15, 0.2) is 41.4 Å². The van der Waals surface area contributed by atoms with Crippen LogP contribution in [0.15, 0.2) is 28.9 Å². The van der Waals surface area contributed by atoms with Crippen molar-refractivity contribution in [1.82, 2.24) is 0 Å². The number of carbonyl (C=O) groups is 1. The lowest BCUT2D eigenvalue weighted by molar-refractivity contribution is -0.114. The first-order chi connectivity index (χ1) is 14.7. The zero-order valence-corrected chi connectivity index (χ0v) is 16.0. The van der Waals surface area contributed by atoms with Crippen LogP contribution in [0, 0.1) is 40.4 Å². The van der Waals surface area contributed by atoms with E-state index in [-0.39, 0.29) is 34.4 Å². The Morgan fingerprint density at radius 1 is 1.06 bits per heavy atom.